The van der Waals surface area contributed by atoms with Crippen LogP contribution in [0.15, 0.2) is 0 Å². The van der Waals surface area contributed by atoms with Crippen LogP contribution in [-0.4, -0.2) is 37.6 Å². The molecule has 2 unspecified atom stereocenters. The van der Waals surface area contributed by atoms with Crippen molar-refractivity contribution < 1.29 is 0 Å². The molecule has 1 N–H and O–H groups in total. The van der Waals surface area contributed by atoms with Gasteiger partial charge in [-0.25, -0.2) is 0 Å². The Hall–Kier alpha value is 0.210. The molecule has 2 aliphatic heterocycles. The summed E-state index contributed by atoms with van der Waals surface area (Å²) in [7, 11) is 0. The van der Waals surface area contributed by atoms with Crippen LogP contribution < -0.4 is 5.32 Å². The first-order chi connectivity index (χ1) is 7.24. The maximum Gasteiger partial charge on any atom is 0.00108 e. The molecule has 2 aliphatic rings. The van der Waals surface area contributed by atoms with Gasteiger partial charge in [-0.2, -0.15) is 0 Å². The molecular weight excluding hydrogens is 220 g/mol. The van der Waals surface area contributed by atoms with Gasteiger partial charge in [0.1, 0.15) is 0 Å². The fourth-order valence-electron chi connectivity index (χ4n) is 3.37. The monoisotopic (exact) mass is 246 g/mol. The number of hydrogen-bond acceptors (Lipinski definition) is 2. The third-order valence-electron chi connectivity index (χ3n) is 3.92. The second kappa shape index (κ2) is 6.83. The van der Waals surface area contributed by atoms with Crippen molar-refractivity contribution in [2.75, 3.05) is 32.7 Å². The van der Waals surface area contributed by atoms with Gasteiger partial charge in [0.05, 0.1) is 0 Å². The van der Waals surface area contributed by atoms with Gasteiger partial charge < -0.3 is 10.2 Å². The van der Waals surface area contributed by atoms with Crippen LogP contribution in [0.2, 0.25) is 0 Å². The van der Waals surface area contributed by atoms with E-state index >= 15 is 0 Å². The smallest absolute Gasteiger partial charge is 0.00108 e. The number of rotatable bonds is 2. The van der Waals surface area contributed by atoms with Crippen molar-refractivity contribution in [3.05, 3.63) is 0 Å². The fourth-order valence-corrected chi connectivity index (χ4v) is 3.37. The van der Waals surface area contributed by atoms with Crippen molar-refractivity contribution >= 4 is 12.4 Å². The molecule has 3 heteroatoms. The number of nitrogens with zero attached hydrogens (tertiary/aromatic N) is 1. The van der Waals surface area contributed by atoms with Gasteiger partial charge in [-0.05, 0) is 50.1 Å². The number of halogens is 1. The largest absolute Gasteiger partial charge is 0.317 e. The summed E-state index contributed by atoms with van der Waals surface area (Å²) in [5.74, 6) is 2.79. The summed E-state index contributed by atoms with van der Waals surface area (Å²) in [4.78, 5) is 2.72. The molecule has 16 heavy (non-hydrogen) atoms. The predicted octanol–water partition coefficient (Wildman–Crippen LogP) is 2.39. The molecule has 0 radical (unpaired) electrons. The zero-order valence-corrected chi connectivity index (χ0v) is 11.6. The molecule has 2 rings (SSSR count). The van der Waals surface area contributed by atoms with Gasteiger partial charge in [0.15, 0.2) is 0 Å². The van der Waals surface area contributed by atoms with Crippen LogP contribution in [0, 0.1) is 17.8 Å². The lowest BCUT2D eigenvalue weighted by Gasteiger charge is -2.37. The van der Waals surface area contributed by atoms with E-state index in [-0.39, 0.29) is 12.4 Å². The van der Waals surface area contributed by atoms with E-state index in [1.165, 1.54) is 52.0 Å². The molecule has 2 atom stereocenters. The number of likely N-dealkylation sites (tertiary alicyclic amines) is 1. The van der Waals surface area contributed by atoms with Crippen LogP contribution in [0.1, 0.15) is 33.1 Å². The standard InChI is InChI=1S/C13H26N2.ClH/c1-11-7-12(2)9-15(8-11)10-13-3-5-14-6-4-13;/h11-14H,3-10H2,1-2H3;1H. The van der Waals surface area contributed by atoms with Crippen molar-refractivity contribution in [1.82, 2.24) is 10.2 Å². The highest BCUT2D eigenvalue weighted by molar-refractivity contribution is 5.85. The summed E-state index contributed by atoms with van der Waals surface area (Å²) in [6, 6.07) is 0. The average Bonchev–Trinajstić information content (AvgIpc) is 2.17. The quantitative estimate of drug-likeness (QED) is 0.805. The second-order valence-corrected chi connectivity index (χ2v) is 5.86. The van der Waals surface area contributed by atoms with E-state index < -0.39 is 0 Å². The van der Waals surface area contributed by atoms with E-state index in [1.54, 1.807) is 0 Å². The van der Waals surface area contributed by atoms with Crippen molar-refractivity contribution in [3.8, 4) is 0 Å². The Morgan fingerprint density at radius 1 is 1.06 bits per heavy atom. The first kappa shape index (κ1) is 14.3. The van der Waals surface area contributed by atoms with Gasteiger partial charge >= 0.3 is 0 Å². The van der Waals surface area contributed by atoms with Crippen LogP contribution in [0.25, 0.3) is 0 Å². The van der Waals surface area contributed by atoms with E-state index in [9.17, 15) is 0 Å². The number of hydrogen-bond donors (Lipinski definition) is 1. The van der Waals surface area contributed by atoms with E-state index in [2.05, 4.69) is 24.1 Å². The molecule has 0 aromatic heterocycles. The minimum absolute atomic E-state index is 0. The highest BCUT2D eigenvalue weighted by Gasteiger charge is 2.24. The van der Waals surface area contributed by atoms with Crippen molar-refractivity contribution in [2.45, 2.75) is 33.1 Å². The lowest BCUT2D eigenvalue weighted by Crippen LogP contribution is -2.43. The molecule has 2 fully saturated rings. The summed E-state index contributed by atoms with van der Waals surface area (Å²) in [6.07, 6.45) is 4.21. The highest BCUT2D eigenvalue weighted by Crippen LogP contribution is 2.23. The molecule has 0 amide bonds. The molecule has 0 bridgehead atoms. The molecule has 0 aliphatic carbocycles. The fraction of sp³-hybridized carbons (Fsp3) is 1.00. The summed E-state index contributed by atoms with van der Waals surface area (Å²) < 4.78 is 0. The Labute approximate surface area is 107 Å². The van der Waals surface area contributed by atoms with Crippen molar-refractivity contribution in [2.24, 2.45) is 17.8 Å². The molecule has 0 spiro atoms. The van der Waals surface area contributed by atoms with E-state index in [0.717, 1.165) is 17.8 Å². The van der Waals surface area contributed by atoms with Gasteiger partial charge in [0.2, 0.25) is 0 Å². The third-order valence-corrected chi connectivity index (χ3v) is 3.92. The SMILES string of the molecule is CC1CC(C)CN(CC2CCNCC2)C1.Cl. The predicted molar refractivity (Wildman–Crippen MR) is 72.2 cm³/mol. The number of nitrogens with one attached hydrogen (secondary N) is 1. The topological polar surface area (TPSA) is 15.3 Å². The maximum absolute atomic E-state index is 3.45. The minimum Gasteiger partial charge on any atom is -0.317 e. The van der Waals surface area contributed by atoms with E-state index in [1.807, 2.05) is 0 Å². The van der Waals surface area contributed by atoms with Crippen LogP contribution in [0.3, 0.4) is 0 Å². The molecule has 2 heterocycles. The Kier molecular flexibility index (Phi) is 6.09. The Balaban J connectivity index is 0.00000128. The van der Waals surface area contributed by atoms with Crippen LogP contribution in [0.4, 0.5) is 0 Å². The second-order valence-electron chi connectivity index (χ2n) is 5.86. The average molecular weight is 247 g/mol. The minimum atomic E-state index is 0. The van der Waals surface area contributed by atoms with Gasteiger partial charge in [0, 0.05) is 19.6 Å². The van der Waals surface area contributed by atoms with Crippen LogP contribution in [-0.2, 0) is 0 Å². The Morgan fingerprint density at radius 2 is 1.62 bits per heavy atom. The molecule has 96 valence electrons. The molecule has 0 aromatic carbocycles. The summed E-state index contributed by atoms with van der Waals surface area (Å²) in [5, 5.41) is 3.45. The summed E-state index contributed by atoms with van der Waals surface area (Å²) in [6.45, 7) is 11.3. The maximum atomic E-state index is 3.45. The lowest BCUT2D eigenvalue weighted by atomic mass is 9.90. The van der Waals surface area contributed by atoms with Gasteiger partial charge in [0.25, 0.3) is 0 Å². The van der Waals surface area contributed by atoms with Crippen LogP contribution in [0.5, 0.6) is 0 Å². The van der Waals surface area contributed by atoms with Crippen molar-refractivity contribution in [1.29, 1.82) is 0 Å². The van der Waals surface area contributed by atoms with E-state index in [4.69, 9.17) is 0 Å². The zero-order chi connectivity index (χ0) is 10.7. The lowest BCUT2D eigenvalue weighted by molar-refractivity contribution is 0.113. The highest BCUT2D eigenvalue weighted by atomic mass is 35.5. The van der Waals surface area contributed by atoms with Gasteiger partial charge in [-0.1, -0.05) is 13.8 Å². The molecule has 2 saturated heterocycles. The Morgan fingerprint density at radius 3 is 2.19 bits per heavy atom. The number of piperidine rings is 2. The Bertz CT molecular complexity index is 182. The molecule has 0 saturated carbocycles. The van der Waals surface area contributed by atoms with Crippen molar-refractivity contribution in [3.63, 3.8) is 0 Å². The first-order valence-electron chi connectivity index (χ1n) is 6.67. The van der Waals surface area contributed by atoms with Gasteiger partial charge in [-0.3, -0.25) is 0 Å². The summed E-state index contributed by atoms with van der Waals surface area (Å²) in [5.41, 5.74) is 0. The normalized spacial score (nSPS) is 33.4. The first-order valence-corrected chi connectivity index (χ1v) is 6.67. The molecule has 2 nitrogen and oxygen atoms in total. The molecule has 0 aromatic rings. The zero-order valence-electron chi connectivity index (χ0n) is 10.7. The third kappa shape index (κ3) is 4.23. The van der Waals surface area contributed by atoms with E-state index in [0.29, 0.717) is 0 Å². The van der Waals surface area contributed by atoms with Gasteiger partial charge in [-0.15, -0.1) is 12.4 Å². The van der Waals surface area contributed by atoms with Crippen LogP contribution >= 0.6 is 12.4 Å². The summed E-state index contributed by atoms with van der Waals surface area (Å²) >= 11 is 0. The molecular formula is C13H27ClN2.